The van der Waals surface area contributed by atoms with Crippen LogP contribution < -0.4 is 23.8 Å². The molecule has 1 saturated heterocycles. The van der Waals surface area contributed by atoms with Gasteiger partial charge in [0.05, 0.1) is 27.4 Å². The van der Waals surface area contributed by atoms with Crippen molar-refractivity contribution in [2.75, 3.05) is 45.4 Å². The van der Waals surface area contributed by atoms with Crippen molar-refractivity contribution in [3.8, 4) is 34.1 Å². The summed E-state index contributed by atoms with van der Waals surface area (Å²) in [5, 5.41) is 2.11. The average molecular weight is 798 g/mol. The first-order valence-electron chi connectivity index (χ1n) is 21.5. The Balaban J connectivity index is 1.24. The van der Waals surface area contributed by atoms with E-state index in [0.29, 0.717) is 18.1 Å². The van der Waals surface area contributed by atoms with Gasteiger partial charge in [-0.15, -0.1) is 0 Å². The Morgan fingerprint density at radius 2 is 1.32 bits per heavy atom. The molecule has 0 bridgehead atoms. The van der Waals surface area contributed by atoms with Gasteiger partial charge < -0.3 is 28.6 Å². The number of methoxy groups -OCH3 is 2. The van der Waals surface area contributed by atoms with Gasteiger partial charge in [-0.2, -0.15) is 0 Å². The van der Waals surface area contributed by atoms with E-state index >= 15 is 0 Å². The second kappa shape index (κ2) is 14.5. The lowest BCUT2D eigenvalue weighted by Gasteiger charge is -2.52. The summed E-state index contributed by atoms with van der Waals surface area (Å²) >= 11 is 0. The summed E-state index contributed by atoms with van der Waals surface area (Å²) < 4.78 is 32.0. The van der Waals surface area contributed by atoms with Gasteiger partial charge in [-0.3, -0.25) is 0 Å². The number of hydrogen-bond donors (Lipinski definition) is 0. The van der Waals surface area contributed by atoms with E-state index in [4.69, 9.17) is 23.7 Å². The molecule has 1 saturated carbocycles. The minimum atomic E-state index is -0.941. The predicted octanol–water partition coefficient (Wildman–Crippen LogP) is 12.1. The molecule has 1 spiro atoms. The third kappa shape index (κ3) is 6.34. The van der Waals surface area contributed by atoms with Crippen LogP contribution in [0.1, 0.15) is 80.3 Å². The first-order valence-corrected chi connectivity index (χ1v) is 21.5. The van der Waals surface area contributed by atoms with Gasteiger partial charge in [-0.25, -0.2) is 0 Å². The maximum atomic E-state index is 7.84. The highest BCUT2D eigenvalue weighted by molar-refractivity contribution is 6.09. The Bertz CT molecular complexity index is 2590. The molecule has 6 nitrogen and oxygen atoms in total. The van der Waals surface area contributed by atoms with Crippen molar-refractivity contribution in [2.24, 2.45) is 10.8 Å². The molecule has 306 valence electrons. The zero-order valence-corrected chi connectivity index (χ0v) is 35.8. The van der Waals surface area contributed by atoms with Crippen LogP contribution in [0, 0.1) is 10.8 Å². The van der Waals surface area contributed by atoms with Crippen LogP contribution in [-0.4, -0.2) is 40.5 Å². The third-order valence-electron chi connectivity index (χ3n) is 13.5. The molecular formula is C54H55NO5. The quantitative estimate of drug-likeness (QED) is 0.153. The molecular weight excluding hydrogens is 743 g/mol. The molecule has 60 heavy (non-hydrogen) atoms. The summed E-state index contributed by atoms with van der Waals surface area (Å²) in [4.78, 5) is 2.39. The number of nitrogens with zero attached hydrogens (tertiary/aromatic N) is 1. The molecule has 2 aliphatic carbocycles. The Hall–Kier alpha value is -5.72. The van der Waals surface area contributed by atoms with E-state index in [-0.39, 0.29) is 16.2 Å². The third-order valence-corrected chi connectivity index (χ3v) is 13.5. The number of morpholine rings is 1. The number of fused-ring (bicyclic) bond motifs is 10. The van der Waals surface area contributed by atoms with Gasteiger partial charge in [0.25, 0.3) is 0 Å². The van der Waals surface area contributed by atoms with Crippen molar-refractivity contribution in [3.63, 3.8) is 0 Å². The second-order valence-electron chi connectivity index (χ2n) is 18.8. The lowest BCUT2D eigenvalue weighted by atomic mass is 9.52. The van der Waals surface area contributed by atoms with Crippen molar-refractivity contribution < 1.29 is 23.7 Å². The van der Waals surface area contributed by atoms with Crippen LogP contribution in [-0.2, 0) is 22.4 Å². The molecule has 1 unspecified atom stereocenters. The molecule has 6 aromatic rings. The Labute approximate surface area is 354 Å². The van der Waals surface area contributed by atoms with Crippen LogP contribution in [0.25, 0.3) is 28.0 Å². The number of benzene rings is 6. The van der Waals surface area contributed by atoms with Crippen LogP contribution in [0.2, 0.25) is 0 Å². The highest BCUT2D eigenvalue weighted by atomic mass is 16.5. The van der Waals surface area contributed by atoms with Crippen LogP contribution >= 0.6 is 0 Å². The first kappa shape index (κ1) is 38.5. The van der Waals surface area contributed by atoms with Gasteiger partial charge in [-0.05, 0) is 106 Å². The average Bonchev–Trinajstić information content (AvgIpc) is 3.53. The van der Waals surface area contributed by atoms with Crippen molar-refractivity contribution in [1.82, 2.24) is 0 Å². The summed E-state index contributed by atoms with van der Waals surface area (Å²) in [6.45, 7) is 13.5. The lowest BCUT2D eigenvalue weighted by molar-refractivity contribution is 0.0642. The van der Waals surface area contributed by atoms with E-state index in [0.717, 1.165) is 90.1 Å². The molecule has 6 heteroatoms. The van der Waals surface area contributed by atoms with Crippen LogP contribution in [0.3, 0.4) is 0 Å². The standard InChI is InChI=1S/C54H55NO5/c1-51(2)33-52(3,4)35-53(34-51)45-15-11-10-14-41(45)48-43-30-47(59-32-36-12-8-7-9-13-36)46(57-6)31-44(43)50-42(49(48)53)24-25-54(60-50,38-18-22-40(56-5)23-19-38)37-16-20-39(21-17-37)55-26-28-58-29-27-55/h7-25,30-31H,26-29,32-35H2,1-6H3. The SMILES string of the molecule is COc1ccc(C2(c3ccc(N4CCOCC4)cc3)C=Cc3c4c(c5cc(OCc6ccccc6)c(OC)cc5c3O2)-c2ccccc2C42CC(C)(C)CC(C)(C)C2)cc1. The first-order chi connectivity index (χ1) is 29.0. The van der Waals surface area contributed by atoms with Gasteiger partial charge in [0.2, 0.25) is 0 Å². The van der Waals surface area contributed by atoms with Gasteiger partial charge in [0.1, 0.15) is 18.1 Å². The molecule has 2 fully saturated rings. The number of anilines is 1. The Morgan fingerprint density at radius 1 is 0.667 bits per heavy atom. The largest absolute Gasteiger partial charge is 0.497 e. The molecule has 10 rings (SSSR count). The number of ether oxygens (including phenoxy) is 5. The molecule has 4 aliphatic rings. The summed E-state index contributed by atoms with van der Waals surface area (Å²) in [7, 11) is 3.44. The van der Waals surface area contributed by atoms with E-state index < -0.39 is 5.60 Å². The fourth-order valence-electron chi connectivity index (χ4n) is 11.7. The van der Waals surface area contributed by atoms with Crippen LogP contribution in [0.5, 0.6) is 23.0 Å². The predicted molar refractivity (Wildman–Crippen MR) is 242 cm³/mol. The maximum Gasteiger partial charge on any atom is 0.178 e. The zero-order valence-electron chi connectivity index (χ0n) is 35.8. The molecule has 0 N–H and O–H groups in total. The zero-order chi connectivity index (χ0) is 41.3. The minimum absolute atomic E-state index is 0.108. The van der Waals surface area contributed by atoms with E-state index in [1.54, 1.807) is 14.2 Å². The summed E-state index contributed by atoms with van der Waals surface area (Å²) in [5.74, 6) is 3.05. The van der Waals surface area contributed by atoms with Crippen molar-refractivity contribution in [2.45, 2.75) is 64.6 Å². The second-order valence-corrected chi connectivity index (χ2v) is 18.8. The van der Waals surface area contributed by atoms with Crippen molar-refractivity contribution >= 4 is 22.5 Å². The van der Waals surface area contributed by atoms with E-state index in [2.05, 4.69) is 142 Å². The van der Waals surface area contributed by atoms with Gasteiger partial charge >= 0.3 is 0 Å². The number of hydrogen-bond acceptors (Lipinski definition) is 6. The normalized spacial score (nSPS) is 20.5. The number of rotatable bonds is 8. The molecule has 2 aliphatic heterocycles. The van der Waals surface area contributed by atoms with Crippen LogP contribution in [0.15, 0.2) is 121 Å². The van der Waals surface area contributed by atoms with E-state index in [1.807, 2.05) is 18.2 Å². The highest BCUT2D eigenvalue weighted by Crippen LogP contribution is 2.67. The molecule has 0 amide bonds. The molecule has 6 aromatic carbocycles. The summed E-state index contributed by atoms with van der Waals surface area (Å²) in [6, 6.07) is 41.1. The summed E-state index contributed by atoms with van der Waals surface area (Å²) in [5.41, 5.74) is 9.91. The fourth-order valence-corrected chi connectivity index (χ4v) is 11.7. The van der Waals surface area contributed by atoms with E-state index in [1.165, 1.54) is 27.9 Å². The maximum absolute atomic E-state index is 7.84. The Kier molecular flexibility index (Phi) is 9.29. The smallest absolute Gasteiger partial charge is 0.178 e. The van der Waals surface area contributed by atoms with Gasteiger partial charge in [0.15, 0.2) is 17.1 Å². The van der Waals surface area contributed by atoms with Crippen LogP contribution in [0.4, 0.5) is 5.69 Å². The highest BCUT2D eigenvalue weighted by Gasteiger charge is 2.55. The molecule has 0 aromatic heterocycles. The lowest BCUT2D eigenvalue weighted by Crippen LogP contribution is -2.44. The molecule has 1 atom stereocenters. The van der Waals surface area contributed by atoms with E-state index in [9.17, 15) is 0 Å². The summed E-state index contributed by atoms with van der Waals surface area (Å²) in [6.07, 6.45) is 7.93. The van der Waals surface area contributed by atoms with Gasteiger partial charge in [-0.1, -0.05) is 113 Å². The molecule has 0 radical (unpaired) electrons. The Morgan fingerprint density at radius 3 is 2.00 bits per heavy atom. The minimum Gasteiger partial charge on any atom is -0.497 e. The van der Waals surface area contributed by atoms with Gasteiger partial charge in [0, 0.05) is 46.3 Å². The van der Waals surface area contributed by atoms with Crippen molar-refractivity contribution in [3.05, 3.63) is 155 Å². The monoisotopic (exact) mass is 797 g/mol. The van der Waals surface area contributed by atoms with Crippen molar-refractivity contribution in [1.29, 1.82) is 0 Å². The topological polar surface area (TPSA) is 49.4 Å². The molecule has 2 heterocycles. The fraction of sp³-hybridized carbons (Fsp3) is 0.333.